The molecule has 2 aliphatic rings. The standard InChI is InChI=1S/C18H14ClN5OS/c1-10-6-12(11(2)23(10)14-5-3-4-13(19)8-14)7-15-16(20)24-18(22-17(15)25)26-9-21-24/h3-9,20H,1-2H3/b15-7-,20-16?. The number of carbonyl (C=O) groups excluding carboxylic acids is 1. The molecule has 1 amide bonds. The van der Waals surface area contributed by atoms with E-state index in [0.717, 1.165) is 22.6 Å². The molecule has 0 radical (unpaired) electrons. The number of nitrogens with zero attached hydrogens (tertiary/aromatic N) is 4. The Hall–Kier alpha value is -2.64. The molecule has 1 N–H and O–H groups in total. The van der Waals surface area contributed by atoms with Gasteiger partial charge in [0.1, 0.15) is 0 Å². The van der Waals surface area contributed by atoms with Crippen LogP contribution in [-0.4, -0.2) is 32.0 Å². The molecule has 3 heterocycles. The molecule has 0 saturated heterocycles. The summed E-state index contributed by atoms with van der Waals surface area (Å²) in [4.78, 5) is 16.4. The average Bonchev–Trinajstić information content (AvgIpc) is 3.16. The Kier molecular flexibility index (Phi) is 4.05. The number of fused-ring (bicyclic) bond motifs is 1. The monoisotopic (exact) mass is 383 g/mol. The lowest BCUT2D eigenvalue weighted by Crippen LogP contribution is -2.35. The first-order valence-electron chi connectivity index (χ1n) is 7.83. The molecule has 2 aliphatic heterocycles. The van der Waals surface area contributed by atoms with Gasteiger partial charge in [0.2, 0.25) is 0 Å². The highest BCUT2D eigenvalue weighted by Gasteiger charge is 2.32. The predicted molar refractivity (Wildman–Crippen MR) is 106 cm³/mol. The summed E-state index contributed by atoms with van der Waals surface area (Å²) in [6.45, 7) is 3.96. The van der Waals surface area contributed by atoms with Gasteiger partial charge in [0.15, 0.2) is 11.0 Å². The van der Waals surface area contributed by atoms with Crippen molar-refractivity contribution < 1.29 is 4.79 Å². The van der Waals surface area contributed by atoms with Crippen molar-refractivity contribution >= 4 is 51.9 Å². The van der Waals surface area contributed by atoms with Crippen molar-refractivity contribution in [1.29, 1.82) is 5.41 Å². The van der Waals surface area contributed by atoms with Crippen molar-refractivity contribution in [1.82, 2.24) is 9.58 Å². The third-order valence-electron chi connectivity index (χ3n) is 4.23. The van der Waals surface area contributed by atoms with E-state index in [1.165, 1.54) is 16.8 Å². The summed E-state index contributed by atoms with van der Waals surface area (Å²) in [5, 5.41) is 14.8. The lowest BCUT2D eigenvalue weighted by molar-refractivity contribution is -0.114. The lowest BCUT2D eigenvalue weighted by Gasteiger charge is -2.20. The van der Waals surface area contributed by atoms with Crippen molar-refractivity contribution in [3.63, 3.8) is 0 Å². The number of amidine groups is 2. The Labute approximate surface area is 159 Å². The van der Waals surface area contributed by atoms with E-state index in [4.69, 9.17) is 17.0 Å². The van der Waals surface area contributed by atoms with Gasteiger partial charge in [-0.3, -0.25) is 10.2 Å². The van der Waals surface area contributed by atoms with Crippen LogP contribution in [0.2, 0.25) is 5.02 Å². The van der Waals surface area contributed by atoms with E-state index in [-0.39, 0.29) is 11.4 Å². The van der Waals surface area contributed by atoms with Crippen LogP contribution in [0.3, 0.4) is 0 Å². The second-order valence-corrected chi connectivity index (χ2v) is 7.15. The quantitative estimate of drug-likeness (QED) is 0.796. The number of benzene rings is 1. The number of carbonyl (C=O) groups is 1. The van der Waals surface area contributed by atoms with Gasteiger partial charge in [0, 0.05) is 22.1 Å². The van der Waals surface area contributed by atoms with Crippen molar-refractivity contribution in [2.75, 3.05) is 0 Å². The summed E-state index contributed by atoms with van der Waals surface area (Å²) >= 11 is 7.35. The summed E-state index contributed by atoms with van der Waals surface area (Å²) in [5.41, 5.74) is 5.54. The first-order chi connectivity index (χ1) is 12.5. The number of amides is 1. The molecule has 0 aliphatic carbocycles. The zero-order valence-electron chi connectivity index (χ0n) is 14.0. The first kappa shape index (κ1) is 16.8. The molecule has 0 atom stereocenters. The molecule has 130 valence electrons. The van der Waals surface area contributed by atoms with E-state index in [1.54, 1.807) is 11.6 Å². The fraction of sp³-hybridized carbons (Fsp3) is 0.111. The third kappa shape index (κ3) is 2.69. The molecule has 8 heteroatoms. The Morgan fingerprint density at radius 3 is 2.85 bits per heavy atom. The number of hydrogen-bond donors (Lipinski definition) is 1. The molecule has 0 spiro atoms. The van der Waals surface area contributed by atoms with Crippen LogP contribution in [0.15, 0.2) is 46.0 Å². The zero-order valence-corrected chi connectivity index (χ0v) is 15.6. The van der Waals surface area contributed by atoms with E-state index >= 15 is 0 Å². The van der Waals surface area contributed by atoms with Gasteiger partial charge in [0.25, 0.3) is 5.91 Å². The van der Waals surface area contributed by atoms with Gasteiger partial charge in [-0.1, -0.05) is 17.7 Å². The maximum absolute atomic E-state index is 12.4. The molecule has 4 rings (SSSR count). The van der Waals surface area contributed by atoms with E-state index in [2.05, 4.69) is 14.7 Å². The summed E-state index contributed by atoms with van der Waals surface area (Å²) in [7, 11) is 0. The van der Waals surface area contributed by atoms with Gasteiger partial charge in [-0.2, -0.15) is 15.1 Å². The maximum Gasteiger partial charge on any atom is 0.283 e. The summed E-state index contributed by atoms with van der Waals surface area (Å²) < 4.78 is 2.06. The number of thioether (sulfide) groups is 1. The Balaban J connectivity index is 1.79. The van der Waals surface area contributed by atoms with Crippen molar-refractivity contribution in [2.45, 2.75) is 13.8 Å². The second-order valence-electron chi connectivity index (χ2n) is 5.90. The maximum atomic E-state index is 12.4. The topological polar surface area (TPSA) is 73.8 Å². The molecule has 2 aromatic rings. The number of aryl methyl sites for hydroxylation is 1. The fourth-order valence-electron chi connectivity index (χ4n) is 3.04. The minimum atomic E-state index is -0.424. The Morgan fingerprint density at radius 2 is 2.08 bits per heavy atom. The van der Waals surface area contributed by atoms with Gasteiger partial charge >= 0.3 is 0 Å². The van der Waals surface area contributed by atoms with Crippen LogP contribution >= 0.6 is 23.4 Å². The number of nitrogens with one attached hydrogen (secondary N) is 1. The number of hydrogen-bond acceptors (Lipinski definition) is 4. The number of halogens is 1. The minimum Gasteiger partial charge on any atom is -0.318 e. The van der Waals surface area contributed by atoms with Crippen LogP contribution in [0.4, 0.5) is 0 Å². The summed E-state index contributed by atoms with van der Waals surface area (Å²) in [6.07, 6.45) is 1.70. The number of rotatable bonds is 2. The number of hydrazone groups is 1. The molecule has 0 unspecified atom stereocenters. The van der Waals surface area contributed by atoms with Gasteiger partial charge in [-0.25, -0.2) is 0 Å². The Morgan fingerprint density at radius 1 is 1.27 bits per heavy atom. The van der Waals surface area contributed by atoms with E-state index in [0.29, 0.717) is 10.2 Å². The van der Waals surface area contributed by atoms with Crippen molar-refractivity contribution in [3.05, 3.63) is 57.9 Å². The van der Waals surface area contributed by atoms with Gasteiger partial charge in [0.05, 0.1) is 11.1 Å². The molecule has 6 nitrogen and oxygen atoms in total. The highest BCUT2D eigenvalue weighted by Crippen LogP contribution is 2.28. The largest absolute Gasteiger partial charge is 0.318 e. The van der Waals surface area contributed by atoms with Gasteiger partial charge in [-0.15, -0.1) is 0 Å². The van der Waals surface area contributed by atoms with Crippen molar-refractivity contribution in [3.8, 4) is 5.69 Å². The van der Waals surface area contributed by atoms with Crippen LogP contribution in [0, 0.1) is 19.3 Å². The van der Waals surface area contributed by atoms with Crippen LogP contribution in [0.5, 0.6) is 0 Å². The third-order valence-corrected chi connectivity index (χ3v) is 5.14. The molecule has 0 bridgehead atoms. The molecular formula is C18H14ClN5OS. The average molecular weight is 384 g/mol. The van der Waals surface area contributed by atoms with Crippen LogP contribution in [-0.2, 0) is 4.79 Å². The summed E-state index contributed by atoms with van der Waals surface area (Å²) in [5.74, 6) is -0.388. The highest BCUT2D eigenvalue weighted by atomic mass is 35.5. The van der Waals surface area contributed by atoms with Crippen LogP contribution in [0.25, 0.3) is 11.8 Å². The number of aliphatic imine (C=N–C) groups is 1. The smallest absolute Gasteiger partial charge is 0.283 e. The van der Waals surface area contributed by atoms with Crippen LogP contribution < -0.4 is 0 Å². The van der Waals surface area contributed by atoms with Crippen LogP contribution in [0.1, 0.15) is 17.0 Å². The van der Waals surface area contributed by atoms with Gasteiger partial charge < -0.3 is 4.57 Å². The number of aromatic nitrogens is 1. The first-order valence-corrected chi connectivity index (χ1v) is 9.09. The normalized spacial score (nSPS) is 17.9. The van der Waals surface area contributed by atoms with E-state index in [1.807, 2.05) is 44.2 Å². The van der Waals surface area contributed by atoms with E-state index < -0.39 is 5.91 Å². The molecular weight excluding hydrogens is 370 g/mol. The molecule has 26 heavy (non-hydrogen) atoms. The SMILES string of the molecule is Cc1cc(/C=C2/C(=N)N3N=CSC3=NC2=O)c(C)n1-c1cccc(Cl)c1. The molecule has 1 aromatic heterocycles. The highest BCUT2D eigenvalue weighted by molar-refractivity contribution is 8.25. The molecule has 1 aromatic carbocycles. The molecule has 0 saturated carbocycles. The zero-order chi connectivity index (χ0) is 18.4. The lowest BCUT2D eigenvalue weighted by atomic mass is 10.1. The summed E-state index contributed by atoms with van der Waals surface area (Å²) in [6, 6.07) is 9.57. The fourth-order valence-corrected chi connectivity index (χ4v) is 3.83. The Bertz CT molecular complexity index is 1050. The second kappa shape index (κ2) is 6.26. The van der Waals surface area contributed by atoms with Gasteiger partial charge in [-0.05, 0) is 61.5 Å². The molecule has 0 fully saturated rings. The van der Waals surface area contributed by atoms with Crippen molar-refractivity contribution in [2.24, 2.45) is 10.1 Å². The predicted octanol–water partition coefficient (Wildman–Crippen LogP) is 4.00. The van der Waals surface area contributed by atoms with E-state index in [9.17, 15) is 4.79 Å². The minimum absolute atomic E-state index is 0.0359.